The Labute approximate surface area is 287 Å². The van der Waals surface area contributed by atoms with Crippen molar-refractivity contribution in [2.24, 2.45) is 15.9 Å². The molecule has 1 N–H and O–H groups in total. The van der Waals surface area contributed by atoms with E-state index in [1.54, 1.807) is 23.6 Å². The number of thiophene rings is 1. The van der Waals surface area contributed by atoms with Crippen molar-refractivity contribution < 1.29 is 14.4 Å². The van der Waals surface area contributed by atoms with Crippen molar-refractivity contribution in [2.45, 2.75) is 71.6 Å². The van der Waals surface area contributed by atoms with Crippen LogP contribution in [-0.2, 0) is 4.79 Å². The van der Waals surface area contributed by atoms with Gasteiger partial charge in [-0.05, 0) is 74.9 Å². The van der Waals surface area contributed by atoms with Gasteiger partial charge in [-0.1, -0.05) is 38.6 Å². The number of nitrogens with zero attached hydrogens (tertiary/aromatic N) is 7. The maximum absolute atomic E-state index is 11.5. The molecule has 10 nitrogen and oxygen atoms in total. The number of phenolic OH excluding ortho intramolecular Hbond substituents is 1. The van der Waals surface area contributed by atoms with E-state index in [2.05, 4.69) is 49.9 Å². The number of phenols is 1. The third-order valence-corrected chi connectivity index (χ3v) is 11.0. The number of benzene rings is 1. The number of carbonyl (C=O) groups is 1. The summed E-state index contributed by atoms with van der Waals surface area (Å²) in [5.74, 6) is 1.58. The summed E-state index contributed by atoms with van der Waals surface area (Å²) in [4.78, 5) is 27.5. The number of allylic oxidation sites excluding steroid dienone is 1. The van der Waals surface area contributed by atoms with Gasteiger partial charge in [-0.2, -0.15) is 0 Å². The predicted molar refractivity (Wildman–Crippen MR) is 194 cm³/mol. The van der Waals surface area contributed by atoms with Crippen LogP contribution in [0.3, 0.4) is 0 Å². The zero-order valence-electron chi connectivity index (χ0n) is 27.4. The number of fused-ring (bicyclic) bond motifs is 1. The SMILES string of the molecule is C.C=N/C=C(\C=N/CN1CCC(c2sc3nnc(-c4ccccc4O)cc3c2C)CC1)N1CCC(c2cc(C(C=O)C(C)C)on2)CC1. The van der Waals surface area contributed by atoms with Crippen molar-refractivity contribution in [2.75, 3.05) is 32.8 Å². The fourth-order valence-electron chi connectivity index (χ4n) is 6.77. The van der Waals surface area contributed by atoms with Crippen LogP contribution in [0, 0.1) is 12.8 Å². The number of likely N-dealkylation sites (tertiary alicyclic amines) is 2. The minimum Gasteiger partial charge on any atom is -0.507 e. The lowest BCUT2D eigenvalue weighted by atomic mass is 9.90. The third-order valence-electron chi connectivity index (χ3n) is 9.63. The Morgan fingerprint density at radius 1 is 1.10 bits per heavy atom. The largest absolute Gasteiger partial charge is 0.507 e. The molecule has 0 saturated carbocycles. The Morgan fingerprint density at radius 2 is 1.83 bits per heavy atom. The Bertz CT molecular complexity index is 1760. The van der Waals surface area contributed by atoms with Gasteiger partial charge in [-0.25, -0.2) is 0 Å². The molecule has 2 aliphatic rings. The average Bonchev–Trinajstić information content (AvgIpc) is 3.70. The summed E-state index contributed by atoms with van der Waals surface area (Å²) in [7, 11) is 0. The molecule has 6 rings (SSSR count). The maximum atomic E-state index is 11.5. The van der Waals surface area contributed by atoms with Crippen LogP contribution >= 0.6 is 11.3 Å². The lowest BCUT2D eigenvalue weighted by Crippen LogP contribution is -2.34. The van der Waals surface area contributed by atoms with Crippen molar-refractivity contribution >= 4 is 40.8 Å². The molecule has 1 aromatic carbocycles. The second kappa shape index (κ2) is 15.8. The summed E-state index contributed by atoms with van der Waals surface area (Å²) < 4.78 is 5.56. The first-order chi connectivity index (χ1) is 22.9. The van der Waals surface area contributed by atoms with Crippen LogP contribution in [0.25, 0.3) is 21.5 Å². The molecule has 3 aromatic heterocycles. The van der Waals surface area contributed by atoms with Crippen LogP contribution in [0.2, 0.25) is 0 Å². The van der Waals surface area contributed by atoms with E-state index in [-0.39, 0.29) is 25.0 Å². The molecule has 2 aliphatic heterocycles. The van der Waals surface area contributed by atoms with E-state index in [4.69, 9.17) is 9.52 Å². The molecule has 0 bridgehead atoms. The molecule has 5 heterocycles. The van der Waals surface area contributed by atoms with E-state index < -0.39 is 0 Å². The Balaban J connectivity index is 0.00000451. The second-order valence-electron chi connectivity index (χ2n) is 13.0. The van der Waals surface area contributed by atoms with Gasteiger partial charge in [0.1, 0.15) is 22.6 Å². The first-order valence-corrected chi connectivity index (χ1v) is 17.3. The molecule has 11 heteroatoms. The molecule has 1 atom stereocenters. The molecule has 2 fully saturated rings. The highest BCUT2D eigenvalue weighted by Gasteiger charge is 2.28. The number of aliphatic imine (C=N–C) groups is 2. The summed E-state index contributed by atoms with van der Waals surface area (Å²) in [6, 6.07) is 11.3. The molecule has 0 amide bonds. The molecular weight excluding hydrogens is 623 g/mol. The molecule has 1 unspecified atom stereocenters. The number of aryl methyl sites for hydroxylation is 1. The van der Waals surface area contributed by atoms with Gasteiger partial charge in [0, 0.05) is 60.2 Å². The smallest absolute Gasteiger partial charge is 0.147 e. The third kappa shape index (κ3) is 7.57. The van der Waals surface area contributed by atoms with Crippen molar-refractivity contribution in [3.05, 3.63) is 70.2 Å². The normalized spacial score (nSPS) is 17.7. The molecule has 48 heavy (non-hydrogen) atoms. The van der Waals surface area contributed by atoms with E-state index in [9.17, 15) is 9.90 Å². The molecule has 2 saturated heterocycles. The van der Waals surface area contributed by atoms with Gasteiger partial charge in [0.05, 0.1) is 35.9 Å². The fraction of sp³-hybridized carbons (Fsp3) is 0.459. The van der Waals surface area contributed by atoms with Crippen LogP contribution in [0.1, 0.15) is 86.6 Å². The Hall–Kier alpha value is -4.22. The maximum Gasteiger partial charge on any atom is 0.147 e. The minimum absolute atomic E-state index is 0. The standard InChI is InChI=1S/C36H43N7O3S.CH4/c1-23(2)30(21-44)34-18-31(41-46-34)25-11-15-43(16-12-25)27(19-37-4)20-38-22-42-13-9-26(10-14-42)35-24(3)29-17-32(39-40-36(29)47-35)28-7-5-6-8-33(28)45;/h5-8,17-21,23,25-26,30,45H,4,9-16,22H2,1-3H3;1H4/b27-19+,38-20-;. The highest BCUT2D eigenvalue weighted by atomic mass is 32.1. The summed E-state index contributed by atoms with van der Waals surface area (Å²) in [5, 5.41) is 24.7. The molecule has 4 aromatic rings. The van der Waals surface area contributed by atoms with Gasteiger partial charge in [0.25, 0.3) is 0 Å². The Morgan fingerprint density at radius 3 is 2.52 bits per heavy atom. The van der Waals surface area contributed by atoms with Crippen LogP contribution in [0.4, 0.5) is 0 Å². The molecule has 0 spiro atoms. The van der Waals surface area contributed by atoms with Crippen molar-refractivity contribution in [1.29, 1.82) is 0 Å². The first-order valence-electron chi connectivity index (χ1n) is 16.5. The van der Waals surface area contributed by atoms with Crippen molar-refractivity contribution in [3.63, 3.8) is 0 Å². The first kappa shape index (κ1) is 35.1. The summed E-state index contributed by atoms with van der Waals surface area (Å²) in [5.41, 5.74) is 4.58. The molecular formula is C37H47N7O3S. The molecule has 0 radical (unpaired) electrons. The summed E-state index contributed by atoms with van der Waals surface area (Å²) in [6.07, 6.45) is 8.70. The van der Waals surface area contributed by atoms with Gasteiger partial charge in [-0.15, -0.1) is 21.5 Å². The number of piperidine rings is 2. The van der Waals surface area contributed by atoms with Crippen LogP contribution in [0.5, 0.6) is 5.75 Å². The molecule has 0 aliphatic carbocycles. The quantitative estimate of drug-likeness (QED) is 0.128. The molecule has 254 valence electrons. The van der Waals surface area contributed by atoms with Crippen LogP contribution < -0.4 is 0 Å². The fourth-order valence-corrected chi connectivity index (χ4v) is 8.04. The van der Waals surface area contributed by atoms with Gasteiger partial charge in [0.15, 0.2) is 0 Å². The van der Waals surface area contributed by atoms with Gasteiger partial charge >= 0.3 is 0 Å². The van der Waals surface area contributed by atoms with E-state index in [1.807, 2.05) is 44.3 Å². The van der Waals surface area contributed by atoms with E-state index in [1.165, 1.54) is 10.4 Å². The van der Waals surface area contributed by atoms with Gasteiger partial charge < -0.3 is 19.3 Å². The number of carbonyl (C=O) groups excluding carboxylic acids is 1. The van der Waals surface area contributed by atoms with Gasteiger partial charge in [0.2, 0.25) is 0 Å². The van der Waals surface area contributed by atoms with E-state index in [0.29, 0.717) is 35.5 Å². The number of hydrogen-bond acceptors (Lipinski definition) is 11. The summed E-state index contributed by atoms with van der Waals surface area (Å²) >= 11 is 1.75. The summed E-state index contributed by atoms with van der Waals surface area (Å²) in [6.45, 7) is 14.2. The monoisotopic (exact) mass is 669 g/mol. The predicted octanol–water partition coefficient (Wildman–Crippen LogP) is 7.56. The van der Waals surface area contributed by atoms with Crippen molar-refractivity contribution in [3.8, 4) is 17.0 Å². The second-order valence-corrected chi connectivity index (χ2v) is 14.0. The number of aromatic nitrogens is 3. The zero-order chi connectivity index (χ0) is 32.9. The number of hydrogen-bond donors (Lipinski definition) is 1. The number of para-hydroxylation sites is 1. The Kier molecular flexibility index (Phi) is 11.5. The lowest BCUT2D eigenvalue weighted by molar-refractivity contribution is -0.110. The van der Waals surface area contributed by atoms with E-state index >= 15 is 0 Å². The van der Waals surface area contributed by atoms with Crippen LogP contribution in [0.15, 0.2) is 62.8 Å². The minimum atomic E-state index is -0.257. The van der Waals surface area contributed by atoms with Crippen LogP contribution in [-0.4, -0.2) is 82.3 Å². The number of aromatic hydroxyl groups is 1. The highest BCUT2D eigenvalue weighted by Crippen LogP contribution is 2.40. The average molecular weight is 670 g/mol. The van der Waals surface area contributed by atoms with E-state index in [0.717, 1.165) is 79.8 Å². The zero-order valence-corrected chi connectivity index (χ0v) is 28.2. The van der Waals surface area contributed by atoms with Crippen molar-refractivity contribution in [1.82, 2.24) is 25.2 Å². The number of rotatable bonds is 11. The highest BCUT2D eigenvalue weighted by molar-refractivity contribution is 7.18. The van der Waals surface area contributed by atoms with Gasteiger partial charge in [-0.3, -0.25) is 14.9 Å². The topological polar surface area (TPSA) is 120 Å². The lowest BCUT2D eigenvalue weighted by Gasteiger charge is -2.33. The number of aldehydes is 1.